The number of piperidine rings is 1. The molecule has 1 aromatic heterocycles. The molecule has 0 bridgehead atoms. The van der Waals surface area contributed by atoms with Crippen molar-refractivity contribution in [1.82, 2.24) is 19.7 Å². The van der Waals surface area contributed by atoms with E-state index in [0.717, 1.165) is 37.3 Å². The molecule has 1 amide bonds. The van der Waals surface area contributed by atoms with Crippen molar-refractivity contribution in [2.24, 2.45) is 12.5 Å². The molecular weight excluding hydrogens is 368 g/mol. The third kappa shape index (κ3) is 3.60. The number of benzene rings is 1. The van der Waals surface area contributed by atoms with Gasteiger partial charge < -0.3 is 14.7 Å². The van der Waals surface area contributed by atoms with Crippen LogP contribution >= 0.6 is 11.6 Å². The van der Waals surface area contributed by atoms with Gasteiger partial charge in [-0.25, -0.2) is 9.78 Å². The molecule has 1 aliphatic heterocycles. The summed E-state index contributed by atoms with van der Waals surface area (Å²) in [7, 11) is 1.89. The summed E-state index contributed by atoms with van der Waals surface area (Å²) in [6.45, 7) is 1.19. The molecular formula is C19H23ClN4O3. The predicted molar refractivity (Wildman–Crippen MR) is 100 cm³/mol. The van der Waals surface area contributed by atoms with E-state index in [4.69, 9.17) is 16.3 Å². The number of nitrogens with zero attached hydrogens (tertiary/aromatic N) is 4. The zero-order valence-corrected chi connectivity index (χ0v) is 16.0. The second kappa shape index (κ2) is 6.71. The van der Waals surface area contributed by atoms with Gasteiger partial charge in [-0.3, -0.25) is 4.68 Å². The number of aryl methyl sites for hydroxylation is 1. The standard InChI is InChI=1S/C19H23ClN4O3/c1-23-16(21-13-22-23)10-19(27-15-4-2-14(20)3-5-15)11-18(12-19)6-8-24(9-7-18)17(25)26/h2-5,13H,6-12H2,1H3,(H,25,26). The van der Waals surface area contributed by atoms with Gasteiger partial charge in [0.2, 0.25) is 0 Å². The molecule has 27 heavy (non-hydrogen) atoms. The molecule has 1 spiro atoms. The van der Waals surface area contributed by atoms with Crippen LogP contribution in [0.5, 0.6) is 5.75 Å². The van der Waals surface area contributed by atoms with Crippen LogP contribution in [-0.2, 0) is 13.5 Å². The van der Waals surface area contributed by atoms with Crippen molar-refractivity contribution in [2.45, 2.75) is 37.7 Å². The van der Waals surface area contributed by atoms with Gasteiger partial charge in [-0.2, -0.15) is 5.10 Å². The molecule has 0 unspecified atom stereocenters. The van der Waals surface area contributed by atoms with Crippen molar-refractivity contribution in [3.8, 4) is 5.75 Å². The SMILES string of the molecule is Cn1ncnc1CC1(Oc2ccc(Cl)cc2)CC2(CCN(C(=O)O)CC2)C1. The Morgan fingerprint density at radius 2 is 1.93 bits per heavy atom. The number of ether oxygens (including phenoxy) is 1. The molecule has 1 aromatic carbocycles. The van der Waals surface area contributed by atoms with E-state index in [0.29, 0.717) is 24.5 Å². The van der Waals surface area contributed by atoms with Crippen LogP contribution in [0.25, 0.3) is 0 Å². The Kier molecular flexibility index (Phi) is 4.50. The lowest BCUT2D eigenvalue weighted by atomic mass is 9.54. The second-order valence-electron chi connectivity index (χ2n) is 7.84. The van der Waals surface area contributed by atoms with Gasteiger partial charge >= 0.3 is 6.09 Å². The van der Waals surface area contributed by atoms with Gasteiger partial charge in [-0.1, -0.05) is 11.6 Å². The van der Waals surface area contributed by atoms with Crippen molar-refractivity contribution >= 4 is 17.7 Å². The number of hydrogen-bond acceptors (Lipinski definition) is 4. The lowest BCUT2D eigenvalue weighted by molar-refractivity contribution is -0.130. The number of carbonyl (C=O) groups is 1. The molecule has 4 rings (SSSR count). The first-order valence-corrected chi connectivity index (χ1v) is 9.52. The number of amides is 1. The maximum absolute atomic E-state index is 11.2. The van der Waals surface area contributed by atoms with Gasteiger partial charge in [0.1, 0.15) is 23.5 Å². The monoisotopic (exact) mass is 390 g/mol. The molecule has 1 N–H and O–H groups in total. The third-order valence-corrected chi connectivity index (χ3v) is 6.17. The van der Waals surface area contributed by atoms with E-state index >= 15 is 0 Å². The topological polar surface area (TPSA) is 80.5 Å². The van der Waals surface area contributed by atoms with Gasteiger partial charge in [0, 0.05) is 31.6 Å². The molecule has 0 atom stereocenters. The summed E-state index contributed by atoms with van der Waals surface area (Å²) in [5.74, 6) is 1.68. The molecule has 2 heterocycles. The quantitative estimate of drug-likeness (QED) is 0.865. The van der Waals surface area contributed by atoms with E-state index in [1.165, 1.54) is 4.90 Å². The fourth-order valence-corrected chi connectivity index (χ4v) is 4.72. The summed E-state index contributed by atoms with van der Waals surface area (Å²) in [5, 5.41) is 14.0. The zero-order valence-electron chi connectivity index (χ0n) is 15.3. The fourth-order valence-electron chi connectivity index (χ4n) is 4.60. The van der Waals surface area contributed by atoms with Crippen LogP contribution < -0.4 is 4.74 Å². The lowest BCUT2D eigenvalue weighted by Gasteiger charge is -2.58. The molecule has 1 saturated carbocycles. The number of rotatable bonds is 4. The first kappa shape index (κ1) is 18.1. The summed E-state index contributed by atoms with van der Waals surface area (Å²) in [4.78, 5) is 17.1. The highest BCUT2D eigenvalue weighted by molar-refractivity contribution is 6.30. The minimum absolute atomic E-state index is 0.150. The highest BCUT2D eigenvalue weighted by atomic mass is 35.5. The Morgan fingerprint density at radius 1 is 1.26 bits per heavy atom. The molecule has 2 aliphatic rings. The number of likely N-dealkylation sites (tertiary alicyclic amines) is 1. The Morgan fingerprint density at radius 3 is 2.48 bits per heavy atom. The maximum Gasteiger partial charge on any atom is 0.407 e. The molecule has 2 aromatic rings. The first-order chi connectivity index (χ1) is 12.9. The van der Waals surface area contributed by atoms with Crippen molar-refractivity contribution in [2.75, 3.05) is 13.1 Å². The van der Waals surface area contributed by atoms with Crippen molar-refractivity contribution in [1.29, 1.82) is 0 Å². The molecule has 1 aliphatic carbocycles. The van der Waals surface area contributed by atoms with Crippen LogP contribution in [0.4, 0.5) is 4.79 Å². The van der Waals surface area contributed by atoms with Crippen LogP contribution in [0, 0.1) is 5.41 Å². The number of halogens is 1. The molecule has 7 nitrogen and oxygen atoms in total. The van der Waals surface area contributed by atoms with E-state index in [2.05, 4.69) is 10.1 Å². The van der Waals surface area contributed by atoms with Crippen LogP contribution in [0.15, 0.2) is 30.6 Å². The van der Waals surface area contributed by atoms with Crippen molar-refractivity contribution in [3.05, 3.63) is 41.4 Å². The average Bonchev–Trinajstić information content (AvgIpc) is 3.01. The smallest absolute Gasteiger partial charge is 0.407 e. The number of aromatic nitrogens is 3. The van der Waals surface area contributed by atoms with Gasteiger partial charge in [0.25, 0.3) is 0 Å². The van der Waals surface area contributed by atoms with Gasteiger partial charge in [0.15, 0.2) is 0 Å². The summed E-state index contributed by atoms with van der Waals surface area (Å²) < 4.78 is 8.24. The lowest BCUT2D eigenvalue weighted by Crippen LogP contribution is -2.60. The normalized spacial score (nSPS) is 20.3. The molecule has 8 heteroatoms. The van der Waals surface area contributed by atoms with Crippen molar-refractivity contribution < 1.29 is 14.6 Å². The van der Waals surface area contributed by atoms with Crippen LogP contribution in [0.3, 0.4) is 0 Å². The Hall–Kier alpha value is -2.28. The minimum atomic E-state index is -0.827. The van der Waals surface area contributed by atoms with E-state index < -0.39 is 6.09 Å². The third-order valence-electron chi connectivity index (χ3n) is 5.92. The van der Waals surface area contributed by atoms with Gasteiger partial charge in [-0.15, -0.1) is 0 Å². The van der Waals surface area contributed by atoms with E-state index in [9.17, 15) is 9.90 Å². The first-order valence-electron chi connectivity index (χ1n) is 9.14. The summed E-state index contributed by atoms with van der Waals surface area (Å²) >= 11 is 5.99. The highest BCUT2D eigenvalue weighted by Gasteiger charge is 2.57. The molecule has 0 radical (unpaired) electrons. The zero-order chi connectivity index (χ0) is 19.1. The summed E-state index contributed by atoms with van der Waals surface area (Å²) in [6.07, 6.45) is 4.95. The summed E-state index contributed by atoms with van der Waals surface area (Å²) in [6, 6.07) is 7.43. The Bertz CT molecular complexity index is 820. The Labute approximate surface area is 162 Å². The molecule has 2 fully saturated rings. The highest BCUT2D eigenvalue weighted by Crippen LogP contribution is 2.57. The minimum Gasteiger partial charge on any atom is -0.487 e. The average molecular weight is 391 g/mol. The Balaban J connectivity index is 1.51. The predicted octanol–water partition coefficient (Wildman–Crippen LogP) is 3.38. The molecule has 1 saturated heterocycles. The van der Waals surface area contributed by atoms with Gasteiger partial charge in [0.05, 0.1) is 0 Å². The second-order valence-corrected chi connectivity index (χ2v) is 8.28. The van der Waals surface area contributed by atoms with Crippen LogP contribution in [0.2, 0.25) is 5.02 Å². The van der Waals surface area contributed by atoms with E-state index in [1.54, 1.807) is 11.0 Å². The number of hydrogen-bond donors (Lipinski definition) is 1. The van der Waals surface area contributed by atoms with E-state index in [1.807, 2.05) is 31.3 Å². The van der Waals surface area contributed by atoms with E-state index in [-0.39, 0.29) is 11.0 Å². The van der Waals surface area contributed by atoms with Gasteiger partial charge in [-0.05, 0) is 55.4 Å². The van der Waals surface area contributed by atoms with Crippen LogP contribution in [0.1, 0.15) is 31.5 Å². The maximum atomic E-state index is 11.2. The molecule has 144 valence electrons. The number of carboxylic acid groups (broad SMARTS) is 1. The fraction of sp³-hybridized carbons (Fsp3) is 0.526. The van der Waals surface area contributed by atoms with Crippen LogP contribution in [-0.4, -0.2) is 49.6 Å². The summed E-state index contributed by atoms with van der Waals surface area (Å²) in [5.41, 5.74) is -0.197. The van der Waals surface area contributed by atoms with Crippen molar-refractivity contribution in [3.63, 3.8) is 0 Å². The largest absolute Gasteiger partial charge is 0.487 e.